The quantitative estimate of drug-likeness (QED) is 0.718. The molecule has 0 spiro atoms. The van der Waals surface area contributed by atoms with Crippen LogP contribution in [0.15, 0.2) is 28.8 Å². The second-order valence-corrected chi connectivity index (χ2v) is 8.47. The summed E-state index contributed by atoms with van der Waals surface area (Å²) in [5.74, 6) is 0.379. The van der Waals surface area contributed by atoms with Gasteiger partial charge in [-0.1, -0.05) is 17.3 Å². The van der Waals surface area contributed by atoms with E-state index in [-0.39, 0.29) is 5.75 Å². The summed E-state index contributed by atoms with van der Waals surface area (Å²) in [7, 11) is -3.69. The molecule has 0 unspecified atom stereocenters. The van der Waals surface area contributed by atoms with Crippen LogP contribution in [0.4, 0.5) is 11.6 Å². The van der Waals surface area contributed by atoms with Crippen LogP contribution in [0.5, 0.6) is 0 Å². The van der Waals surface area contributed by atoms with Crippen molar-refractivity contribution in [2.75, 3.05) is 22.7 Å². The third-order valence-corrected chi connectivity index (χ3v) is 5.85. The number of aromatic nitrogens is 3. The third-order valence-electron chi connectivity index (χ3n) is 4.68. The maximum absolute atomic E-state index is 12.7. The molecule has 0 aliphatic carbocycles. The van der Waals surface area contributed by atoms with Crippen molar-refractivity contribution >= 4 is 32.6 Å². The van der Waals surface area contributed by atoms with Crippen LogP contribution in [-0.4, -0.2) is 36.6 Å². The van der Waals surface area contributed by atoms with Crippen molar-refractivity contribution in [2.45, 2.75) is 32.4 Å². The Morgan fingerprint density at radius 2 is 1.78 bits per heavy atom. The van der Waals surface area contributed by atoms with Crippen LogP contribution in [0.2, 0.25) is 0 Å². The van der Waals surface area contributed by atoms with Crippen LogP contribution in [0.1, 0.15) is 29.9 Å². The molecule has 1 fully saturated rings. The number of para-hydroxylation sites is 1. The first-order chi connectivity index (χ1) is 12.9. The summed E-state index contributed by atoms with van der Waals surface area (Å²) in [6, 6.07) is 7.19. The van der Waals surface area contributed by atoms with Gasteiger partial charge in [0, 0.05) is 18.5 Å². The van der Waals surface area contributed by atoms with Crippen molar-refractivity contribution < 1.29 is 12.9 Å². The molecule has 8 nitrogen and oxygen atoms in total. The zero-order valence-electron chi connectivity index (χ0n) is 15.3. The van der Waals surface area contributed by atoms with Gasteiger partial charge in [0.1, 0.15) is 11.4 Å². The molecule has 1 saturated heterocycles. The smallest absolute Gasteiger partial charge is 0.238 e. The fraction of sp³-hybridized carbons (Fsp3) is 0.389. The van der Waals surface area contributed by atoms with Crippen LogP contribution in [0.25, 0.3) is 11.0 Å². The number of hydrogen-bond acceptors (Lipinski definition) is 7. The Morgan fingerprint density at radius 3 is 2.48 bits per heavy atom. The number of hydrogen-bond donors (Lipinski definition) is 1. The molecule has 0 atom stereocenters. The van der Waals surface area contributed by atoms with Gasteiger partial charge in [0.15, 0.2) is 5.58 Å². The minimum Gasteiger partial charge on any atom is -0.356 e. The lowest BCUT2D eigenvalue weighted by Crippen LogP contribution is -2.23. The molecule has 3 heterocycles. The van der Waals surface area contributed by atoms with Gasteiger partial charge in [-0.25, -0.2) is 18.4 Å². The summed E-state index contributed by atoms with van der Waals surface area (Å²) in [4.78, 5) is 11.1. The van der Waals surface area contributed by atoms with Gasteiger partial charge in [-0.3, -0.25) is 4.72 Å². The summed E-state index contributed by atoms with van der Waals surface area (Å²) >= 11 is 0. The molecule has 142 valence electrons. The Bertz CT molecular complexity index is 1060. The van der Waals surface area contributed by atoms with Gasteiger partial charge < -0.3 is 9.42 Å². The van der Waals surface area contributed by atoms with E-state index in [1.54, 1.807) is 26.0 Å². The number of benzene rings is 1. The number of fused-ring (bicyclic) bond motifs is 1. The first-order valence-electron chi connectivity index (χ1n) is 8.87. The SMILES string of the molecule is Cc1nc(N2CCCC2)nc(C)c1NS(=O)(=O)Cc1noc2ccccc12. The van der Waals surface area contributed by atoms with E-state index in [4.69, 9.17) is 4.52 Å². The summed E-state index contributed by atoms with van der Waals surface area (Å²) in [5.41, 5.74) is 2.58. The molecule has 0 bridgehead atoms. The fourth-order valence-electron chi connectivity index (χ4n) is 3.32. The number of nitrogens with zero attached hydrogens (tertiary/aromatic N) is 4. The van der Waals surface area contributed by atoms with Gasteiger partial charge in [-0.15, -0.1) is 0 Å². The summed E-state index contributed by atoms with van der Waals surface area (Å²) in [6.45, 7) is 5.45. The average Bonchev–Trinajstić information content (AvgIpc) is 3.28. The van der Waals surface area contributed by atoms with Gasteiger partial charge in [0.2, 0.25) is 16.0 Å². The van der Waals surface area contributed by atoms with E-state index in [0.29, 0.717) is 39.7 Å². The van der Waals surface area contributed by atoms with Crippen molar-refractivity contribution in [2.24, 2.45) is 0 Å². The lowest BCUT2D eigenvalue weighted by atomic mass is 10.2. The Labute approximate surface area is 157 Å². The normalized spacial score (nSPS) is 14.8. The maximum Gasteiger partial charge on any atom is 0.238 e. The van der Waals surface area contributed by atoms with Gasteiger partial charge >= 0.3 is 0 Å². The van der Waals surface area contributed by atoms with E-state index in [9.17, 15) is 8.42 Å². The second-order valence-electron chi connectivity index (χ2n) is 6.75. The highest BCUT2D eigenvalue weighted by atomic mass is 32.2. The number of rotatable bonds is 5. The monoisotopic (exact) mass is 387 g/mol. The number of aryl methyl sites for hydroxylation is 2. The summed E-state index contributed by atoms with van der Waals surface area (Å²) < 4.78 is 33.2. The second kappa shape index (κ2) is 6.80. The van der Waals surface area contributed by atoms with Crippen LogP contribution in [0, 0.1) is 13.8 Å². The van der Waals surface area contributed by atoms with E-state index in [0.717, 1.165) is 25.9 Å². The molecule has 27 heavy (non-hydrogen) atoms. The molecule has 1 aromatic carbocycles. The lowest BCUT2D eigenvalue weighted by molar-refractivity contribution is 0.448. The van der Waals surface area contributed by atoms with Gasteiger partial charge in [0.05, 0.1) is 17.1 Å². The molecule has 0 amide bonds. The first kappa shape index (κ1) is 17.7. The molecular formula is C18H21N5O3S. The molecular weight excluding hydrogens is 366 g/mol. The van der Waals surface area contributed by atoms with Crippen molar-refractivity contribution in [3.63, 3.8) is 0 Å². The summed E-state index contributed by atoms with van der Waals surface area (Å²) in [6.07, 6.45) is 2.25. The third kappa shape index (κ3) is 3.59. The predicted molar refractivity (Wildman–Crippen MR) is 103 cm³/mol. The van der Waals surface area contributed by atoms with Crippen LogP contribution >= 0.6 is 0 Å². The molecule has 0 radical (unpaired) electrons. The molecule has 3 aromatic rings. The topological polar surface area (TPSA) is 101 Å². The van der Waals surface area contributed by atoms with Crippen molar-refractivity contribution in [3.05, 3.63) is 41.3 Å². The Morgan fingerprint density at radius 1 is 1.11 bits per heavy atom. The van der Waals surface area contributed by atoms with E-state index >= 15 is 0 Å². The van der Waals surface area contributed by atoms with Gasteiger partial charge in [-0.2, -0.15) is 0 Å². The van der Waals surface area contributed by atoms with E-state index in [2.05, 4.69) is 24.7 Å². The molecule has 0 saturated carbocycles. The number of nitrogens with one attached hydrogen (secondary N) is 1. The largest absolute Gasteiger partial charge is 0.356 e. The zero-order chi connectivity index (χ0) is 19.0. The van der Waals surface area contributed by atoms with Gasteiger partial charge in [-0.05, 0) is 38.8 Å². The Kier molecular flexibility index (Phi) is 4.47. The highest BCUT2D eigenvalue weighted by Crippen LogP contribution is 2.25. The van der Waals surface area contributed by atoms with Crippen LogP contribution in [0.3, 0.4) is 0 Å². The van der Waals surface area contributed by atoms with Crippen molar-refractivity contribution in [3.8, 4) is 0 Å². The van der Waals surface area contributed by atoms with E-state index in [1.165, 1.54) is 0 Å². The van der Waals surface area contributed by atoms with Gasteiger partial charge in [0.25, 0.3) is 0 Å². The van der Waals surface area contributed by atoms with E-state index in [1.807, 2.05) is 12.1 Å². The van der Waals surface area contributed by atoms with E-state index < -0.39 is 10.0 Å². The lowest BCUT2D eigenvalue weighted by Gasteiger charge is -2.18. The zero-order valence-corrected chi connectivity index (χ0v) is 16.1. The number of sulfonamides is 1. The van der Waals surface area contributed by atoms with Crippen LogP contribution in [-0.2, 0) is 15.8 Å². The standard InChI is InChI=1S/C18H21N5O3S/c1-12-17(13(2)20-18(19-12)23-9-5-6-10-23)22-27(24,25)11-15-14-7-3-4-8-16(14)26-21-15/h3-4,7-8,22H,5-6,9-11H2,1-2H3. The first-order valence-corrected chi connectivity index (χ1v) is 10.5. The minimum absolute atomic E-state index is 0.281. The molecule has 2 aromatic heterocycles. The van der Waals surface area contributed by atoms with Crippen LogP contribution < -0.4 is 9.62 Å². The number of anilines is 2. The Hall–Kier alpha value is -2.68. The summed E-state index contributed by atoms with van der Waals surface area (Å²) in [5, 5.41) is 4.59. The van der Waals surface area contributed by atoms with Crippen molar-refractivity contribution in [1.82, 2.24) is 15.1 Å². The average molecular weight is 387 g/mol. The molecule has 1 aliphatic rings. The van der Waals surface area contributed by atoms with Crippen molar-refractivity contribution in [1.29, 1.82) is 0 Å². The predicted octanol–water partition coefficient (Wildman–Crippen LogP) is 2.78. The fourth-order valence-corrected chi connectivity index (χ4v) is 4.57. The molecule has 9 heteroatoms. The molecule has 1 aliphatic heterocycles. The Balaban J connectivity index is 1.59. The maximum atomic E-state index is 12.7. The highest BCUT2D eigenvalue weighted by Gasteiger charge is 2.22. The molecule has 4 rings (SSSR count). The minimum atomic E-state index is -3.69. The highest BCUT2D eigenvalue weighted by molar-refractivity contribution is 7.91. The molecule has 1 N–H and O–H groups in total.